The van der Waals surface area contributed by atoms with E-state index in [1.165, 1.54) is 19.3 Å². The van der Waals surface area contributed by atoms with Gasteiger partial charge < -0.3 is 10.6 Å². The Balaban J connectivity index is 1.74. The highest BCUT2D eigenvalue weighted by Crippen LogP contribution is 2.20. The summed E-state index contributed by atoms with van der Waals surface area (Å²) >= 11 is 3.44. The van der Waals surface area contributed by atoms with Gasteiger partial charge in [-0.05, 0) is 44.0 Å². The van der Waals surface area contributed by atoms with E-state index in [1.54, 1.807) is 6.07 Å². The van der Waals surface area contributed by atoms with Crippen molar-refractivity contribution in [2.24, 2.45) is 0 Å². The molecule has 6 heteroatoms. The Bertz CT molecular complexity index is 729. The van der Waals surface area contributed by atoms with Gasteiger partial charge in [0.15, 0.2) is 0 Å². The fraction of sp³-hybridized carbons (Fsp3) is 0.389. The lowest BCUT2D eigenvalue weighted by Gasteiger charge is -2.22. The van der Waals surface area contributed by atoms with Crippen molar-refractivity contribution in [3.63, 3.8) is 0 Å². The van der Waals surface area contributed by atoms with Crippen LogP contribution in [-0.2, 0) is 0 Å². The number of rotatable bonds is 4. The number of halogens is 1. The molecule has 0 saturated heterocycles. The summed E-state index contributed by atoms with van der Waals surface area (Å²) in [6.45, 7) is 1.87. The topological polar surface area (TPSA) is 66.9 Å². The summed E-state index contributed by atoms with van der Waals surface area (Å²) in [5, 5.41) is 6.25. The number of hydrogen-bond donors (Lipinski definition) is 2. The Labute approximate surface area is 150 Å². The lowest BCUT2D eigenvalue weighted by Crippen LogP contribution is -2.36. The zero-order chi connectivity index (χ0) is 16.9. The average molecular weight is 389 g/mol. The highest BCUT2D eigenvalue weighted by Gasteiger charge is 2.18. The van der Waals surface area contributed by atoms with Gasteiger partial charge in [-0.2, -0.15) is 0 Å². The Hall–Kier alpha value is -1.95. The van der Waals surface area contributed by atoms with Gasteiger partial charge in [-0.25, -0.2) is 9.97 Å². The van der Waals surface area contributed by atoms with E-state index in [1.807, 2.05) is 31.2 Å². The van der Waals surface area contributed by atoms with E-state index in [4.69, 9.17) is 0 Å². The minimum Gasteiger partial charge on any atom is -0.348 e. The first-order valence-corrected chi connectivity index (χ1v) is 9.08. The van der Waals surface area contributed by atoms with Crippen LogP contribution in [0.1, 0.15) is 48.3 Å². The maximum Gasteiger partial charge on any atom is 0.270 e. The SMILES string of the molecule is Cc1cc(C(=O)NC2CCCCC2)nc(Nc2cccc(Br)c2)n1. The summed E-state index contributed by atoms with van der Waals surface area (Å²) < 4.78 is 0.968. The van der Waals surface area contributed by atoms with Crippen molar-refractivity contribution in [2.75, 3.05) is 5.32 Å². The first-order valence-electron chi connectivity index (χ1n) is 8.29. The van der Waals surface area contributed by atoms with Gasteiger partial charge in [-0.3, -0.25) is 4.79 Å². The highest BCUT2D eigenvalue weighted by atomic mass is 79.9. The second kappa shape index (κ2) is 7.75. The molecule has 1 aromatic heterocycles. The van der Waals surface area contributed by atoms with Gasteiger partial charge in [-0.1, -0.05) is 41.3 Å². The van der Waals surface area contributed by atoms with Crippen molar-refractivity contribution < 1.29 is 4.79 Å². The van der Waals surface area contributed by atoms with Gasteiger partial charge in [0.05, 0.1) is 0 Å². The molecule has 0 aliphatic heterocycles. The molecule has 24 heavy (non-hydrogen) atoms. The average Bonchev–Trinajstić information content (AvgIpc) is 2.55. The zero-order valence-electron chi connectivity index (χ0n) is 13.7. The number of nitrogens with zero attached hydrogens (tertiary/aromatic N) is 2. The standard InChI is InChI=1S/C18H21BrN4O/c1-12-10-16(17(24)21-14-7-3-2-4-8-14)23-18(20-12)22-15-9-5-6-13(19)11-15/h5-6,9-11,14H,2-4,7-8H2,1H3,(H,21,24)(H,20,22,23). The minimum atomic E-state index is -0.121. The van der Waals surface area contributed by atoms with Crippen LogP contribution in [0.2, 0.25) is 0 Å². The maximum absolute atomic E-state index is 12.5. The van der Waals surface area contributed by atoms with Crippen molar-refractivity contribution in [2.45, 2.75) is 45.1 Å². The van der Waals surface area contributed by atoms with E-state index in [2.05, 4.69) is 36.5 Å². The largest absolute Gasteiger partial charge is 0.348 e. The van der Waals surface area contributed by atoms with Crippen LogP contribution in [0.4, 0.5) is 11.6 Å². The van der Waals surface area contributed by atoms with Gasteiger partial charge in [0.25, 0.3) is 5.91 Å². The number of anilines is 2. The molecule has 1 saturated carbocycles. The molecule has 0 spiro atoms. The van der Waals surface area contributed by atoms with Gasteiger partial charge in [0, 0.05) is 21.9 Å². The third kappa shape index (κ3) is 4.54. The van der Waals surface area contributed by atoms with Gasteiger partial charge >= 0.3 is 0 Å². The van der Waals surface area contributed by atoms with Crippen LogP contribution in [0, 0.1) is 6.92 Å². The molecule has 1 aliphatic rings. The van der Waals surface area contributed by atoms with Crippen molar-refractivity contribution in [3.8, 4) is 0 Å². The molecule has 0 atom stereocenters. The number of carbonyl (C=O) groups excluding carboxylic acids is 1. The molecule has 3 rings (SSSR count). The molecule has 0 unspecified atom stereocenters. The number of nitrogens with one attached hydrogen (secondary N) is 2. The summed E-state index contributed by atoms with van der Waals surface area (Å²) in [6, 6.07) is 9.74. The number of hydrogen-bond acceptors (Lipinski definition) is 4. The van der Waals surface area contributed by atoms with E-state index >= 15 is 0 Å². The fourth-order valence-corrected chi connectivity index (χ4v) is 3.34. The molecule has 1 aromatic carbocycles. The zero-order valence-corrected chi connectivity index (χ0v) is 15.3. The number of benzene rings is 1. The van der Waals surface area contributed by atoms with Crippen molar-refractivity contribution in [1.29, 1.82) is 0 Å². The van der Waals surface area contributed by atoms with Crippen molar-refractivity contribution >= 4 is 33.5 Å². The molecule has 126 valence electrons. The molecular formula is C18H21BrN4O. The maximum atomic E-state index is 12.5. The van der Waals surface area contributed by atoms with Crippen LogP contribution in [0.3, 0.4) is 0 Å². The summed E-state index contributed by atoms with van der Waals surface area (Å²) in [5.41, 5.74) is 2.04. The number of aryl methyl sites for hydroxylation is 1. The van der Waals surface area contributed by atoms with E-state index in [0.717, 1.165) is 28.7 Å². The predicted octanol–water partition coefficient (Wildman–Crippen LogP) is 4.35. The van der Waals surface area contributed by atoms with Gasteiger partial charge in [0.1, 0.15) is 5.69 Å². The molecule has 1 amide bonds. The lowest BCUT2D eigenvalue weighted by atomic mass is 9.95. The normalized spacial score (nSPS) is 15.1. The second-order valence-electron chi connectivity index (χ2n) is 6.16. The molecule has 1 heterocycles. The van der Waals surface area contributed by atoms with Crippen LogP contribution >= 0.6 is 15.9 Å². The van der Waals surface area contributed by atoms with Gasteiger partial charge in [-0.15, -0.1) is 0 Å². The predicted molar refractivity (Wildman–Crippen MR) is 98.5 cm³/mol. The molecule has 2 aromatic rings. The fourth-order valence-electron chi connectivity index (χ4n) is 2.94. The first kappa shape index (κ1) is 16.9. The van der Waals surface area contributed by atoms with Crippen LogP contribution in [0.5, 0.6) is 0 Å². The molecule has 0 radical (unpaired) electrons. The van der Waals surface area contributed by atoms with E-state index < -0.39 is 0 Å². The van der Waals surface area contributed by atoms with Gasteiger partial charge in [0.2, 0.25) is 5.95 Å². The summed E-state index contributed by atoms with van der Waals surface area (Å²) in [4.78, 5) is 21.2. The third-order valence-corrected chi connectivity index (χ3v) is 4.60. The summed E-state index contributed by atoms with van der Waals surface area (Å²) in [5.74, 6) is 0.312. The number of carbonyl (C=O) groups is 1. The lowest BCUT2D eigenvalue weighted by molar-refractivity contribution is 0.0922. The highest BCUT2D eigenvalue weighted by molar-refractivity contribution is 9.10. The molecular weight excluding hydrogens is 368 g/mol. The molecule has 1 fully saturated rings. The quantitative estimate of drug-likeness (QED) is 0.816. The molecule has 1 aliphatic carbocycles. The van der Waals surface area contributed by atoms with Crippen LogP contribution in [0.15, 0.2) is 34.8 Å². The second-order valence-corrected chi connectivity index (χ2v) is 7.08. The summed E-state index contributed by atoms with van der Waals surface area (Å²) in [6.07, 6.45) is 5.74. The first-order chi connectivity index (χ1) is 11.6. The number of amides is 1. The Kier molecular flexibility index (Phi) is 5.45. The Morgan fingerprint density at radius 3 is 2.71 bits per heavy atom. The van der Waals surface area contributed by atoms with Crippen LogP contribution in [0.25, 0.3) is 0 Å². The van der Waals surface area contributed by atoms with E-state index in [-0.39, 0.29) is 11.9 Å². The van der Waals surface area contributed by atoms with E-state index in [0.29, 0.717) is 11.6 Å². The van der Waals surface area contributed by atoms with Crippen molar-refractivity contribution in [1.82, 2.24) is 15.3 Å². The third-order valence-electron chi connectivity index (χ3n) is 4.11. The smallest absolute Gasteiger partial charge is 0.270 e. The van der Waals surface area contributed by atoms with Crippen LogP contribution in [-0.4, -0.2) is 21.9 Å². The monoisotopic (exact) mass is 388 g/mol. The minimum absolute atomic E-state index is 0.121. The molecule has 2 N–H and O–H groups in total. The van der Waals surface area contributed by atoms with Crippen LogP contribution < -0.4 is 10.6 Å². The molecule has 5 nitrogen and oxygen atoms in total. The van der Waals surface area contributed by atoms with E-state index in [9.17, 15) is 4.79 Å². The number of aromatic nitrogens is 2. The van der Waals surface area contributed by atoms with Crippen molar-refractivity contribution in [3.05, 3.63) is 46.2 Å². The Morgan fingerprint density at radius 1 is 1.17 bits per heavy atom. The summed E-state index contributed by atoms with van der Waals surface area (Å²) in [7, 11) is 0. The Morgan fingerprint density at radius 2 is 1.96 bits per heavy atom. The molecule has 0 bridgehead atoms.